The number of alkyl halides is 3. The number of hydrogen-bond acceptors (Lipinski definition) is 3. The maximum Gasteiger partial charge on any atom is 0.389 e. The smallest absolute Gasteiger partial charge is 0.389 e. The molecule has 0 aliphatic heterocycles. The summed E-state index contributed by atoms with van der Waals surface area (Å²) < 4.78 is 44.0. The molecule has 0 aromatic carbocycles. The zero-order valence-corrected chi connectivity index (χ0v) is 19.9. The monoisotopic (exact) mass is 453 g/mol. The van der Waals surface area contributed by atoms with Crippen LogP contribution in [0.4, 0.5) is 13.2 Å². The van der Waals surface area contributed by atoms with E-state index in [2.05, 4.69) is 26.0 Å². The molecule has 0 heterocycles. The van der Waals surface area contributed by atoms with Crippen molar-refractivity contribution in [3.8, 4) is 0 Å². The van der Waals surface area contributed by atoms with Crippen molar-refractivity contribution >= 4 is 5.97 Å². The predicted octanol–water partition coefficient (Wildman–Crippen LogP) is 6.48. The summed E-state index contributed by atoms with van der Waals surface area (Å²) in [7, 11) is 0. The average Bonchev–Trinajstić information content (AvgIpc) is 3.03. The van der Waals surface area contributed by atoms with Crippen LogP contribution in [0.25, 0.3) is 0 Å². The Hall–Kier alpha value is -1.30. The lowest BCUT2D eigenvalue weighted by Gasteiger charge is -2.61. The average molecular weight is 454 g/mol. The van der Waals surface area contributed by atoms with Crippen molar-refractivity contribution < 1.29 is 22.7 Å². The Morgan fingerprint density at radius 2 is 1.97 bits per heavy atom. The second kappa shape index (κ2) is 7.89. The minimum atomic E-state index is -4.10. The Kier molecular flexibility index (Phi) is 5.88. The van der Waals surface area contributed by atoms with Gasteiger partial charge in [0.05, 0.1) is 0 Å². The highest BCUT2D eigenvalue weighted by Gasteiger charge is 2.60. The molecule has 0 saturated heterocycles. The van der Waals surface area contributed by atoms with Crippen LogP contribution in [-0.4, -0.2) is 23.8 Å². The highest BCUT2D eigenvalue weighted by Crippen LogP contribution is 2.65. The summed E-state index contributed by atoms with van der Waals surface area (Å²) in [4.78, 5) is 11.5. The summed E-state index contributed by atoms with van der Waals surface area (Å²) in [6.07, 6.45) is 6.08. The molecule has 0 bridgehead atoms. The van der Waals surface area contributed by atoms with Crippen LogP contribution in [-0.2, 0) is 9.53 Å². The Morgan fingerprint density at radius 3 is 2.62 bits per heavy atom. The first-order chi connectivity index (χ1) is 14.8. The summed E-state index contributed by atoms with van der Waals surface area (Å²) in [5.74, 6) is 0.587. The van der Waals surface area contributed by atoms with Gasteiger partial charge in [-0.2, -0.15) is 13.2 Å². The van der Waals surface area contributed by atoms with E-state index < -0.39 is 12.6 Å². The quantitative estimate of drug-likeness (QED) is 0.392. The van der Waals surface area contributed by atoms with E-state index in [1.165, 1.54) is 18.1 Å². The van der Waals surface area contributed by atoms with Crippen LogP contribution < -0.4 is 5.73 Å². The zero-order valence-electron chi connectivity index (χ0n) is 19.9. The molecule has 0 amide bonds. The predicted molar refractivity (Wildman–Crippen MR) is 119 cm³/mol. The van der Waals surface area contributed by atoms with Crippen molar-refractivity contribution in [1.82, 2.24) is 0 Å². The lowest BCUT2D eigenvalue weighted by molar-refractivity contribution is -0.151. The zero-order chi connectivity index (χ0) is 23.5. The van der Waals surface area contributed by atoms with E-state index in [1.54, 1.807) is 0 Å². The molecule has 3 nitrogen and oxygen atoms in total. The Bertz CT molecular complexity index is 833. The summed E-state index contributed by atoms with van der Waals surface area (Å²) in [6.45, 7) is 8.00. The second-order valence-corrected chi connectivity index (χ2v) is 11.4. The maximum atomic E-state index is 12.8. The molecule has 0 radical (unpaired) electrons. The molecule has 7 atom stereocenters. The fourth-order valence-corrected chi connectivity index (χ4v) is 7.81. The molecule has 0 aromatic rings. The molecule has 4 aliphatic carbocycles. The van der Waals surface area contributed by atoms with Crippen molar-refractivity contribution in [1.29, 1.82) is 0 Å². The van der Waals surface area contributed by atoms with Gasteiger partial charge in [0.15, 0.2) is 0 Å². The van der Waals surface area contributed by atoms with E-state index in [1.807, 2.05) is 6.92 Å². The molecule has 6 heteroatoms. The van der Waals surface area contributed by atoms with Crippen molar-refractivity contribution in [2.75, 3.05) is 0 Å². The van der Waals surface area contributed by atoms with Crippen molar-refractivity contribution in [3.63, 3.8) is 0 Å². The topological polar surface area (TPSA) is 52.3 Å². The van der Waals surface area contributed by atoms with Gasteiger partial charge in [0.25, 0.3) is 0 Å². The summed E-state index contributed by atoms with van der Waals surface area (Å²) in [6, 6.07) is 0. The molecule has 2 saturated carbocycles. The molecule has 180 valence electrons. The summed E-state index contributed by atoms with van der Waals surface area (Å²) in [5.41, 5.74) is 9.20. The molecule has 0 aromatic heterocycles. The van der Waals surface area contributed by atoms with Crippen LogP contribution >= 0.6 is 0 Å². The van der Waals surface area contributed by atoms with Crippen LogP contribution in [0.3, 0.4) is 0 Å². The number of fused-ring (bicyclic) bond motifs is 5. The van der Waals surface area contributed by atoms with Gasteiger partial charge in [-0.05, 0) is 68.1 Å². The highest BCUT2D eigenvalue weighted by molar-refractivity contribution is 5.66. The van der Waals surface area contributed by atoms with E-state index in [4.69, 9.17) is 10.5 Å². The van der Waals surface area contributed by atoms with E-state index >= 15 is 0 Å². The van der Waals surface area contributed by atoms with Gasteiger partial charge in [0.1, 0.15) is 6.10 Å². The Morgan fingerprint density at radius 1 is 1.25 bits per heavy atom. The van der Waals surface area contributed by atoms with Gasteiger partial charge in [-0.25, -0.2) is 0 Å². The standard InChI is InChI=1S/C26H38F3NO2/c1-16(7-14-26(27,28)29)20-5-6-21-19-9-13-25(30)15-18(32-17(2)31)8-12-24(25,4)22(19)10-11-23(20,21)3/h5,10,16,18-19,21H,6-9,11-15,30H2,1-4H3/t16-,18-,19?,21?,23-,24-,25+/m1/s1. The molecule has 32 heavy (non-hydrogen) atoms. The number of hydrogen-bond donors (Lipinski definition) is 1. The van der Waals surface area contributed by atoms with Gasteiger partial charge in [-0.1, -0.05) is 44.1 Å². The van der Waals surface area contributed by atoms with Gasteiger partial charge in [-0.15, -0.1) is 0 Å². The number of carbonyl (C=O) groups excluding carboxylic acids is 1. The number of nitrogens with two attached hydrogens (primary N) is 1. The fraction of sp³-hybridized carbons (Fsp3) is 0.808. The number of halogens is 3. The van der Waals surface area contributed by atoms with Gasteiger partial charge < -0.3 is 10.5 Å². The number of ether oxygens (including phenoxy) is 1. The van der Waals surface area contributed by atoms with Gasteiger partial charge in [0, 0.05) is 30.7 Å². The molecular formula is C26H38F3NO2. The van der Waals surface area contributed by atoms with Gasteiger partial charge >= 0.3 is 12.1 Å². The van der Waals surface area contributed by atoms with Crippen molar-refractivity contribution in [3.05, 3.63) is 23.3 Å². The second-order valence-electron chi connectivity index (χ2n) is 11.4. The first kappa shape index (κ1) is 23.8. The van der Waals surface area contributed by atoms with Crippen LogP contribution in [0.5, 0.6) is 0 Å². The molecule has 2 N–H and O–H groups in total. The SMILES string of the molecule is CC(=O)O[C@@H]1CC[C@]2(C)C3=CC[C@]4(C)C([C@H](C)CCC(F)(F)F)=CCC4C3CC[C@]2(N)C1. The minimum Gasteiger partial charge on any atom is -0.462 e. The Balaban J connectivity index is 1.55. The van der Waals surface area contributed by atoms with Gasteiger partial charge in [-0.3, -0.25) is 4.79 Å². The molecule has 4 aliphatic rings. The van der Waals surface area contributed by atoms with Crippen LogP contribution in [0.1, 0.15) is 85.5 Å². The fourth-order valence-electron chi connectivity index (χ4n) is 7.81. The molecule has 2 fully saturated rings. The lowest BCUT2D eigenvalue weighted by Crippen LogP contribution is -2.64. The van der Waals surface area contributed by atoms with E-state index in [0.29, 0.717) is 18.3 Å². The third-order valence-corrected chi connectivity index (χ3v) is 9.62. The first-order valence-electron chi connectivity index (χ1n) is 12.2. The van der Waals surface area contributed by atoms with E-state index in [0.717, 1.165) is 38.5 Å². The maximum absolute atomic E-state index is 12.8. The molecule has 0 spiro atoms. The molecule has 2 unspecified atom stereocenters. The highest BCUT2D eigenvalue weighted by atomic mass is 19.4. The third-order valence-electron chi connectivity index (χ3n) is 9.62. The van der Waals surface area contributed by atoms with Crippen LogP contribution in [0, 0.1) is 28.6 Å². The van der Waals surface area contributed by atoms with E-state index in [-0.39, 0.29) is 40.8 Å². The normalized spacial score (nSPS) is 42.2. The minimum absolute atomic E-state index is 0.0477. The number of allylic oxidation sites excluding steroid dienone is 3. The number of rotatable bonds is 4. The number of esters is 1. The third kappa shape index (κ3) is 3.84. The summed E-state index contributed by atoms with van der Waals surface area (Å²) in [5, 5.41) is 0. The Labute approximate surface area is 190 Å². The van der Waals surface area contributed by atoms with Crippen LogP contribution in [0.15, 0.2) is 23.3 Å². The van der Waals surface area contributed by atoms with Crippen LogP contribution in [0.2, 0.25) is 0 Å². The first-order valence-corrected chi connectivity index (χ1v) is 12.2. The molecule has 4 rings (SSSR count). The van der Waals surface area contributed by atoms with Crippen molar-refractivity contribution in [2.45, 2.75) is 103 Å². The summed E-state index contributed by atoms with van der Waals surface area (Å²) >= 11 is 0. The molecular weight excluding hydrogens is 415 g/mol. The largest absolute Gasteiger partial charge is 0.462 e. The van der Waals surface area contributed by atoms with Crippen molar-refractivity contribution in [2.24, 2.45) is 34.3 Å². The van der Waals surface area contributed by atoms with E-state index in [9.17, 15) is 18.0 Å². The lowest BCUT2D eigenvalue weighted by atomic mass is 9.46. The number of carbonyl (C=O) groups is 1. The van der Waals surface area contributed by atoms with Gasteiger partial charge in [0.2, 0.25) is 0 Å².